The Bertz CT molecular complexity index is 390. The highest BCUT2D eigenvalue weighted by molar-refractivity contribution is 5.72. The Balaban J connectivity index is 2.82. The monoisotopic (exact) mass is 237 g/mol. The summed E-state index contributed by atoms with van der Waals surface area (Å²) in [6, 6.07) is 5.14. The summed E-state index contributed by atoms with van der Waals surface area (Å²) >= 11 is 0. The maximum Gasteiger partial charge on any atom is 0.309 e. The molecule has 0 aromatic heterocycles. The first-order chi connectivity index (χ1) is 8.06. The second-order valence-corrected chi connectivity index (χ2v) is 4.09. The van der Waals surface area contributed by atoms with Gasteiger partial charge in [-0.2, -0.15) is 0 Å². The van der Waals surface area contributed by atoms with Crippen molar-refractivity contribution in [3.8, 4) is 5.75 Å². The van der Waals surface area contributed by atoms with Gasteiger partial charge in [-0.15, -0.1) is 0 Å². The van der Waals surface area contributed by atoms with Crippen LogP contribution in [0.2, 0.25) is 0 Å². The maximum atomic E-state index is 11.1. The highest BCUT2D eigenvalue weighted by Gasteiger charge is 2.09. The van der Waals surface area contributed by atoms with Crippen LogP contribution in [0.15, 0.2) is 18.2 Å². The molecular formula is C13H19NO3. The quantitative estimate of drug-likeness (QED) is 0.759. The van der Waals surface area contributed by atoms with Crippen molar-refractivity contribution in [2.24, 2.45) is 5.73 Å². The van der Waals surface area contributed by atoms with E-state index in [1.807, 2.05) is 13.0 Å². The van der Waals surface area contributed by atoms with Crippen LogP contribution in [-0.2, 0) is 22.4 Å². The number of methoxy groups -OCH3 is 1. The average molecular weight is 237 g/mol. The normalized spacial score (nSPS) is 12.2. The average Bonchev–Trinajstić information content (AvgIpc) is 2.33. The lowest BCUT2D eigenvalue weighted by Crippen LogP contribution is -2.21. The van der Waals surface area contributed by atoms with Crippen molar-refractivity contribution in [1.29, 1.82) is 0 Å². The molecule has 0 fully saturated rings. The Labute approximate surface area is 101 Å². The van der Waals surface area contributed by atoms with Crippen molar-refractivity contribution in [3.63, 3.8) is 0 Å². The number of rotatable bonds is 5. The molecule has 1 rings (SSSR count). The number of phenols is 1. The Kier molecular flexibility index (Phi) is 4.97. The molecule has 94 valence electrons. The minimum absolute atomic E-state index is 0.0225. The standard InChI is InChI=1S/C13H19NO3/c1-3-11(14)8-10-6-9(4-5-12(10)15)7-13(16)17-2/h4-6,11,15H,3,7-8,14H2,1-2H3. The molecule has 0 bridgehead atoms. The summed E-state index contributed by atoms with van der Waals surface area (Å²) < 4.78 is 4.60. The minimum atomic E-state index is -0.290. The lowest BCUT2D eigenvalue weighted by Gasteiger charge is -2.11. The molecule has 1 unspecified atom stereocenters. The topological polar surface area (TPSA) is 72.6 Å². The third-order valence-electron chi connectivity index (χ3n) is 2.73. The molecule has 0 heterocycles. The van der Waals surface area contributed by atoms with Gasteiger partial charge < -0.3 is 15.6 Å². The molecule has 0 radical (unpaired) electrons. The predicted molar refractivity (Wildman–Crippen MR) is 65.8 cm³/mol. The number of benzene rings is 1. The highest BCUT2D eigenvalue weighted by atomic mass is 16.5. The van der Waals surface area contributed by atoms with Gasteiger partial charge in [-0.1, -0.05) is 19.1 Å². The molecule has 0 spiro atoms. The molecule has 0 saturated heterocycles. The number of hydrogen-bond acceptors (Lipinski definition) is 4. The van der Waals surface area contributed by atoms with Crippen molar-refractivity contribution in [2.45, 2.75) is 32.2 Å². The lowest BCUT2D eigenvalue weighted by molar-refractivity contribution is -0.139. The number of nitrogens with two attached hydrogens (primary N) is 1. The van der Waals surface area contributed by atoms with Crippen LogP contribution in [0.5, 0.6) is 5.75 Å². The number of esters is 1. The number of carbonyl (C=O) groups is 1. The van der Waals surface area contributed by atoms with Crippen LogP contribution < -0.4 is 5.73 Å². The van der Waals surface area contributed by atoms with E-state index in [9.17, 15) is 9.90 Å². The van der Waals surface area contributed by atoms with Gasteiger partial charge in [0.25, 0.3) is 0 Å². The summed E-state index contributed by atoms with van der Waals surface area (Å²) in [4.78, 5) is 11.1. The van der Waals surface area contributed by atoms with Gasteiger partial charge in [0.05, 0.1) is 13.5 Å². The van der Waals surface area contributed by atoms with E-state index in [4.69, 9.17) is 5.73 Å². The highest BCUT2D eigenvalue weighted by Crippen LogP contribution is 2.20. The van der Waals surface area contributed by atoms with Crippen molar-refractivity contribution < 1.29 is 14.6 Å². The fraction of sp³-hybridized carbons (Fsp3) is 0.462. The summed E-state index contributed by atoms with van der Waals surface area (Å²) in [6.07, 6.45) is 1.67. The molecule has 0 amide bonds. The van der Waals surface area contributed by atoms with E-state index < -0.39 is 0 Å². The van der Waals surface area contributed by atoms with Crippen LogP contribution in [0.25, 0.3) is 0 Å². The van der Waals surface area contributed by atoms with E-state index in [1.165, 1.54) is 7.11 Å². The first-order valence-electron chi connectivity index (χ1n) is 5.70. The molecule has 17 heavy (non-hydrogen) atoms. The van der Waals surface area contributed by atoms with Gasteiger partial charge in [0.2, 0.25) is 0 Å². The first kappa shape index (κ1) is 13.5. The molecule has 3 N–H and O–H groups in total. The van der Waals surface area contributed by atoms with E-state index in [2.05, 4.69) is 4.74 Å². The van der Waals surface area contributed by atoms with Crippen LogP contribution in [0.3, 0.4) is 0 Å². The van der Waals surface area contributed by atoms with E-state index in [0.29, 0.717) is 6.42 Å². The summed E-state index contributed by atoms with van der Waals surface area (Å²) in [5, 5.41) is 9.70. The summed E-state index contributed by atoms with van der Waals surface area (Å²) in [6.45, 7) is 2.00. The zero-order valence-electron chi connectivity index (χ0n) is 10.3. The van der Waals surface area contributed by atoms with E-state index >= 15 is 0 Å². The fourth-order valence-corrected chi connectivity index (χ4v) is 1.58. The fourth-order valence-electron chi connectivity index (χ4n) is 1.58. The van der Waals surface area contributed by atoms with Crippen molar-refractivity contribution in [2.75, 3.05) is 7.11 Å². The van der Waals surface area contributed by atoms with Crippen LogP contribution >= 0.6 is 0 Å². The number of hydrogen-bond donors (Lipinski definition) is 2. The molecule has 0 aliphatic heterocycles. The van der Waals surface area contributed by atoms with Gasteiger partial charge >= 0.3 is 5.97 Å². The van der Waals surface area contributed by atoms with Gasteiger partial charge in [-0.25, -0.2) is 0 Å². The van der Waals surface area contributed by atoms with Gasteiger partial charge in [0, 0.05) is 6.04 Å². The van der Waals surface area contributed by atoms with Gasteiger partial charge in [0.1, 0.15) is 5.75 Å². The smallest absolute Gasteiger partial charge is 0.309 e. The molecule has 1 aromatic rings. The largest absolute Gasteiger partial charge is 0.508 e. The third kappa shape index (κ3) is 4.07. The van der Waals surface area contributed by atoms with Crippen LogP contribution in [-0.4, -0.2) is 24.2 Å². The van der Waals surface area contributed by atoms with E-state index in [0.717, 1.165) is 17.5 Å². The molecular weight excluding hydrogens is 218 g/mol. The molecule has 0 aliphatic carbocycles. The maximum absolute atomic E-state index is 11.1. The number of aromatic hydroxyl groups is 1. The Morgan fingerprint density at radius 3 is 2.82 bits per heavy atom. The molecule has 1 aromatic carbocycles. The number of carbonyl (C=O) groups excluding carboxylic acids is 1. The molecule has 0 aliphatic rings. The lowest BCUT2D eigenvalue weighted by atomic mass is 10.0. The van der Waals surface area contributed by atoms with Crippen LogP contribution in [0.1, 0.15) is 24.5 Å². The Morgan fingerprint density at radius 2 is 2.24 bits per heavy atom. The zero-order valence-corrected chi connectivity index (χ0v) is 10.3. The molecule has 0 saturated carbocycles. The van der Waals surface area contributed by atoms with Gasteiger partial charge in [0.15, 0.2) is 0 Å². The summed E-state index contributed by atoms with van der Waals surface area (Å²) in [7, 11) is 1.36. The number of phenolic OH excluding ortho intramolecular Hbond substituents is 1. The van der Waals surface area contributed by atoms with Crippen LogP contribution in [0, 0.1) is 0 Å². The number of ether oxygens (including phenoxy) is 1. The van der Waals surface area contributed by atoms with Crippen LogP contribution in [0.4, 0.5) is 0 Å². The second-order valence-electron chi connectivity index (χ2n) is 4.09. The molecule has 4 nitrogen and oxygen atoms in total. The molecule has 1 atom stereocenters. The van der Waals surface area contributed by atoms with E-state index in [-0.39, 0.29) is 24.2 Å². The third-order valence-corrected chi connectivity index (χ3v) is 2.73. The van der Waals surface area contributed by atoms with E-state index in [1.54, 1.807) is 12.1 Å². The summed E-state index contributed by atoms with van der Waals surface area (Å²) in [5.74, 6) is -0.0658. The Hall–Kier alpha value is -1.55. The van der Waals surface area contributed by atoms with Crippen molar-refractivity contribution in [1.82, 2.24) is 0 Å². The van der Waals surface area contributed by atoms with Crippen molar-refractivity contribution >= 4 is 5.97 Å². The van der Waals surface area contributed by atoms with Gasteiger partial charge in [-0.05, 0) is 30.0 Å². The zero-order chi connectivity index (χ0) is 12.8. The van der Waals surface area contributed by atoms with Gasteiger partial charge in [-0.3, -0.25) is 4.79 Å². The second kappa shape index (κ2) is 6.25. The SMILES string of the molecule is CCC(N)Cc1cc(CC(=O)OC)ccc1O. The predicted octanol–water partition coefficient (Wildman–Crippen LogP) is 1.39. The summed E-state index contributed by atoms with van der Waals surface area (Å²) in [5.41, 5.74) is 7.45. The Morgan fingerprint density at radius 1 is 1.53 bits per heavy atom. The minimum Gasteiger partial charge on any atom is -0.508 e. The molecule has 4 heteroatoms. The first-order valence-corrected chi connectivity index (χ1v) is 5.70. The van der Waals surface area contributed by atoms with Crippen molar-refractivity contribution in [3.05, 3.63) is 29.3 Å².